The van der Waals surface area contributed by atoms with Crippen LogP contribution in [-0.2, 0) is 24.8 Å². The van der Waals surface area contributed by atoms with Crippen LogP contribution in [0.1, 0.15) is 25.0 Å². The van der Waals surface area contributed by atoms with E-state index in [0.717, 1.165) is 16.7 Å². The van der Waals surface area contributed by atoms with E-state index in [9.17, 15) is 16.8 Å². The van der Waals surface area contributed by atoms with Gasteiger partial charge in [-0.2, -0.15) is 9.29 Å². The van der Waals surface area contributed by atoms with Gasteiger partial charge in [0, 0.05) is 37.8 Å². The second-order valence-electron chi connectivity index (χ2n) is 10.6. The summed E-state index contributed by atoms with van der Waals surface area (Å²) in [7, 11) is -7.59. The molecule has 3 aromatic rings. The molecule has 0 aliphatic carbocycles. The molecule has 0 spiro atoms. The van der Waals surface area contributed by atoms with Crippen LogP contribution in [-0.4, -0.2) is 70.5 Å². The second-order valence-corrected chi connectivity index (χ2v) is 14.3. The van der Waals surface area contributed by atoms with Gasteiger partial charge in [-0.3, -0.25) is 0 Å². The smallest absolute Gasteiger partial charge is 0.243 e. The molecule has 2 aromatic carbocycles. The molecule has 11 nitrogen and oxygen atoms in total. The molecule has 0 amide bonds. The molecule has 13 heteroatoms. The summed E-state index contributed by atoms with van der Waals surface area (Å²) in [6, 6.07) is 13.1. The Bertz CT molecular complexity index is 1570. The van der Waals surface area contributed by atoms with Crippen molar-refractivity contribution in [3.05, 3.63) is 59.7 Å². The summed E-state index contributed by atoms with van der Waals surface area (Å²) in [6.45, 7) is 9.61. The van der Waals surface area contributed by atoms with E-state index in [2.05, 4.69) is 20.0 Å². The Balaban J connectivity index is 1.40. The number of hydrogen-bond donors (Lipinski definition) is 3. The van der Waals surface area contributed by atoms with Gasteiger partial charge in [-0.1, -0.05) is 32.0 Å². The fraction of sp³-hybridized carbons (Fsp3) is 0.407. The van der Waals surface area contributed by atoms with Crippen LogP contribution in [0, 0.1) is 19.3 Å². The molecule has 0 unspecified atom stereocenters. The second kappa shape index (κ2) is 11.8. The summed E-state index contributed by atoms with van der Waals surface area (Å²) in [5, 5.41) is 3.26. The molecule has 1 aliphatic heterocycles. The quantitative estimate of drug-likeness (QED) is 0.324. The summed E-state index contributed by atoms with van der Waals surface area (Å²) in [5.41, 5.74) is 9.39. The van der Waals surface area contributed by atoms with Crippen molar-refractivity contribution in [2.24, 2.45) is 5.41 Å². The first-order valence-corrected chi connectivity index (χ1v) is 15.8. The van der Waals surface area contributed by atoms with Crippen molar-refractivity contribution in [2.45, 2.75) is 37.5 Å². The van der Waals surface area contributed by atoms with Gasteiger partial charge in [0.15, 0.2) is 0 Å². The normalized spacial score (nSPS) is 15.2. The predicted octanol–water partition coefficient (Wildman–Crippen LogP) is 2.78. The first-order valence-electron chi connectivity index (χ1n) is 12.9. The number of hydrogen-bond acceptors (Lipinski definition) is 9. The van der Waals surface area contributed by atoms with Gasteiger partial charge in [-0.15, -0.1) is 0 Å². The maximum atomic E-state index is 13.0. The lowest BCUT2D eigenvalue weighted by Gasteiger charge is -2.26. The van der Waals surface area contributed by atoms with E-state index < -0.39 is 25.5 Å². The number of sulfonamides is 2. The standard InChI is InChI=1S/C27H36N6O5S2/c1-19-6-5-7-23(20(19)2)24-16-25(32-26(28)31-24)29-17-27(3,4)18-30-39(34,35)21-8-10-22(11-9-21)40(36,37)33-12-14-38-15-13-33/h5-11,16,30H,12-15,17-18H2,1-4H3,(H3,28,29,31,32). The summed E-state index contributed by atoms with van der Waals surface area (Å²) in [5.74, 6) is 0.676. The number of nitrogens with one attached hydrogen (secondary N) is 2. The van der Waals surface area contributed by atoms with E-state index in [1.54, 1.807) is 0 Å². The minimum atomic E-state index is -3.87. The minimum Gasteiger partial charge on any atom is -0.379 e. The number of nitrogens with zero attached hydrogens (tertiary/aromatic N) is 3. The molecule has 0 saturated carbocycles. The molecule has 1 aliphatic rings. The fourth-order valence-electron chi connectivity index (χ4n) is 4.22. The molecule has 4 rings (SSSR count). The number of anilines is 2. The van der Waals surface area contributed by atoms with Gasteiger partial charge in [0.05, 0.1) is 28.7 Å². The van der Waals surface area contributed by atoms with Crippen molar-refractivity contribution in [3.8, 4) is 11.3 Å². The first-order chi connectivity index (χ1) is 18.8. The zero-order valence-corrected chi connectivity index (χ0v) is 24.8. The molecular formula is C27H36N6O5S2. The van der Waals surface area contributed by atoms with Gasteiger partial charge < -0.3 is 15.8 Å². The van der Waals surface area contributed by atoms with Gasteiger partial charge in [0.25, 0.3) is 0 Å². The van der Waals surface area contributed by atoms with Crippen LogP contribution < -0.4 is 15.8 Å². The average Bonchev–Trinajstić information content (AvgIpc) is 2.93. The Kier molecular flexibility index (Phi) is 8.80. The lowest BCUT2D eigenvalue weighted by atomic mass is 9.94. The maximum Gasteiger partial charge on any atom is 0.243 e. The topological polar surface area (TPSA) is 157 Å². The zero-order chi connectivity index (χ0) is 29.1. The Hall–Kier alpha value is -3.10. The summed E-state index contributed by atoms with van der Waals surface area (Å²) in [6.07, 6.45) is 0. The van der Waals surface area contributed by atoms with E-state index >= 15 is 0 Å². The highest BCUT2D eigenvalue weighted by molar-refractivity contribution is 7.89. The van der Waals surface area contributed by atoms with Crippen LogP contribution >= 0.6 is 0 Å². The molecule has 1 aromatic heterocycles. The van der Waals surface area contributed by atoms with Gasteiger partial charge in [-0.05, 0) is 54.7 Å². The SMILES string of the molecule is Cc1cccc(-c2cc(NCC(C)(C)CNS(=O)(=O)c3ccc(S(=O)(=O)N4CCOCC4)cc3)nc(N)n2)c1C. The summed E-state index contributed by atoms with van der Waals surface area (Å²) >= 11 is 0. The molecule has 1 saturated heterocycles. The van der Waals surface area contributed by atoms with E-state index in [4.69, 9.17) is 10.5 Å². The molecule has 0 atom stereocenters. The third kappa shape index (κ3) is 6.96. The van der Waals surface area contributed by atoms with Gasteiger partial charge in [0.1, 0.15) is 5.82 Å². The molecule has 2 heterocycles. The third-order valence-electron chi connectivity index (χ3n) is 6.85. The van der Waals surface area contributed by atoms with Crippen LogP contribution in [0.2, 0.25) is 0 Å². The Morgan fingerprint density at radius 2 is 1.60 bits per heavy atom. The minimum absolute atomic E-state index is 0.0149. The lowest BCUT2D eigenvalue weighted by molar-refractivity contribution is 0.0730. The largest absolute Gasteiger partial charge is 0.379 e. The van der Waals surface area contributed by atoms with Crippen LogP contribution in [0.25, 0.3) is 11.3 Å². The molecular weight excluding hydrogens is 552 g/mol. The maximum absolute atomic E-state index is 13.0. The van der Waals surface area contributed by atoms with Crippen molar-refractivity contribution in [1.82, 2.24) is 19.0 Å². The Morgan fingerprint density at radius 3 is 2.27 bits per heavy atom. The molecule has 0 bridgehead atoms. The zero-order valence-electron chi connectivity index (χ0n) is 23.1. The average molecular weight is 589 g/mol. The van der Waals surface area contributed by atoms with E-state index in [1.165, 1.54) is 28.6 Å². The molecule has 0 radical (unpaired) electrons. The van der Waals surface area contributed by atoms with E-state index in [1.807, 2.05) is 52.0 Å². The monoisotopic (exact) mass is 588 g/mol. The number of nitrogen functional groups attached to an aromatic ring is 1. The number of benzene rings is 2. The Morgan fingerprint density at radius 1 is 0.950 bits per heavy atom. The number of aryl methyl sites for hydroxylation is 1. The van der Waals surface area contributed by atoms with Gasteiger partial charge in [-0.25, -0.2) is 26.5 Å². The van der Waals surface area contributed by atoms with Crippen molar-refractivity contribution in [2.75, 3.05) is 50.4 Å². The number of nitrogens with two attached hydrogens (primary N) is 1. The van der Waals surface area contributed by atoms with Crippen molar-refractivity contribution in [1.29, 1.82) is 0 Å². The molecule has 40 heavy (non-hydrogen) atoms. The van der Waals surface area contributed by atoms with Crippen LogP contribution in [0.3, 0.4) is 0 Å². The van der Waals surface area contributed by atoms with Crippen LogP contribution in [0.4, 0.5) is 11.8 Å². The number of ether oxygens (including phenoxy) is 1. The molecule has 216 valence electrons. The van der Waals surface area contributed by atoms with Crippen LogP contribution in [0.5, 0.6) is 0 Å². The number of aromatic nitrogens is 2. The predicted molar refractivity (Wildman–Crippen MR) is 155 cm³/mol. The summed E-state index contributed by atoms with van der Waals surface area (Å²) < 4.78 is 60.8. The number of rotatable bonds is 10. The fourth-order valence-corrected chi connectivity index (χ4v) is 6.87. The van der Waals surface area contributed by atoms with Crippen molar-refractivity contribution >= 4 is 31.8 Å². The Labute approximate surface area is 236 Å². The summed E-state index contributed by atoms with van der Waals surface area (Å²) in [4.78, 5) is 8.71. The highest BCUT2D eigenvalue weighted by Gasteiger charge is 2.27. The highest BCUT2D eigenvalue weighted by Crippen LogP contribution is 2.27. The molecule has 1 fully saturated rings. The van der Waals surface area contributed by atoms with Gasteiger partial charge >= 0.3 is 0 Å². The molecule has 4 N–H and O–H groups in total. The third-order valence-corrected chi connectivity index (χ3v) is 10.2. The van der Waals surface area contributed by atoms with Crippen LogP contribution in [0.15, 0.2) is 58.3 Å². The first kappa shape index (κ1) is 29.9. The van der Waals surface area contributed by atoms with E-state index in [-0.39, 0.29) is 35.4 Å². The van der Waals surface area contributed by atoms with E-state index in [0.29, 0.717) is 31.3 Å². The van der Waals surface area contributed by atoms with Crippen molar-refractivity contribution in [3.63, 3.8) is 0 Å². The highest BCUT2D eigenvalue weighted by atomic mass is 32.2. The lowest BCUT2D eigenvalue weighted by Crippen LogP contribution is -2.40. The van der Waals surface area contributed by atoms with Crippen molar-refractivity contribution < 1.29 is 21.6 Å². The number of morpholine rings is 1. The van der Waals surface area contributed by atoms with Gasteiger partial charge in [0.2, 0.25) is 26.0 Å².